The highest BCUT2D eigenvalue weighted by molar-refractivity contribution is 5.81. The van der Waals surface area contributed by atoms with Crippen LogP contribution in [-0.2, 0) is 9.59 Å². The van der Waals surface area contributed by atoms with Crippen molar-refractivity contribution in [2.75, 3.05) is 13.3 Å². The van der Waals surface area contributed by atoms with Crippen LogP contribution in [0.2, 0.25) is 0 Å². The lowest BCUT2D eigenvalue weighted by atomic mass is 10.3. The van der Waals surface area contributed by atoms with Gasteiger partial charge < -0.3 is 10.0 Å². The van der Waals surface area contributed by atoms with Gasteiger partial charge in [-0.15, -0.1) is 0 Å². The Hall–Kier alpha value is -1.10. The number of hydrogen-bond acceptors (Lipinski definition) is 3. The Kier molecular flexibility index (Phi) is 2.43. The van der Waals surface area contributed by atoms with Gasteiger partial charge in [0.25, 0.3) is 0 Å². The second-order valence-corrected chi connectivity index (χ2v) is 2.39. The lowest BCUT2D eigenvalue weighted by molar-refractivity contribution is -0.142. The number of carbonyl (C=O) groups is 2. The number of nitrogens with zero attached hydrogens (tertiary/aromatic N) is 1. The summed E-state index contributed by atoms with van der Waals surface area (Å²) in [6, 6.07) is 0. The lowest BCUT2D eigenvalue weighted by Gasteiger charge is -2.31. The smallest absolute Gasteiger partial charge is 0.303 e. The molecule has 0 bridgehead atoms. The first-order valence-corrected chi connectivity index (χ1v) is 3.40. The van der Waals surface area contributed by atoms with Gasteiger partial charge in [0.2, 0.25) is 5.91 Å². The van der Waals surface area contributed by atoms with Crippen LogP contribution in [0.4, 0.5) is 0 Å². The molecule has 1 saturated heterocycles. The summed E-state index contributed by atoms with van der Waals surface area (Å²) < 4.78 is 0. The maximum Gasteiger partial charge on any atom is 0.303 e. The van der Waals surface area contributed by atoms with Crippen LogP contribution in [0, 0.1) is 0 Å². The van der Waals surface area contributed by atoms with E-state index in [0.717, 1.165) is 0 Å². The third kappa shape index (κ3) is 2.19. The molecule has 1 fully saturated rings. The van der Waals surface area contributed by atoms with Gasteiger partial charge in [0.15, 0.2) is 0 Å². The lowest BCUT2D eigenvalue weighted by Crippen LogP contribution is -2.54. The summed E-state index contributed by atoms with van der Waals surface area (Å²) in [5.74, 6) is -1.02. The quantitative estimate of drug-likeness (QED) is 0.564. The van der Waals surface area contributed by atoms with E-state index in [1.165, 1.54) is 0 Å². The third-order valence-electron chi connectivity index (χ3n) is 1.51. The van der Waals surface area contributed by atoms with Crippen molar-refractivity contribution < 1.29 is 14.7 Å². The Morgan fingerprint density at radius 3 is 2.36 bits per heavy atom. The van der Waals surface area contributed by atoms with Crippen molar-refractivity contribution in [2.24, 2.45) is 0 Å². The van der Waals surface area contributed by atoms with Crippen molar-refractivity contribution in [3.8, 4) is 0 Å². The average Bonchev–Trinajstić information content (AvgIpc) is 1.79. The number of hydrogen-bond donors (Lipinski definition) is 2. The highest BCUT2D eigenvalue weighted by atomic mass is 16.4. The fourth-order valence-corrected chi connectivity index (χ4v) is 0.772. The molecular weight excluding hydrogens is 148 g/mol. The van der Waals surface area contributed by atoms with E-state index in [4.69, 9.17) is 5.11 Å². The molecule has 11 heavy (non-hydrogen) atoms. The largest absolute Gasteiger partial charge is 0.481 e. The van der Waals surface area contributed by atoms with Crippen LogP contribution in [0.15, 0.2) is 0 Å². The second-order valence-electron chi connectivity index (χ2n) is 2.39. The average molecular weight is 158 g/mol. The third-order valence-corrected chi connectivity index (χ3v) is 1.51. The molecule has 62 valence electrons. The van der Waals surface area contributed by atoms with Gasteiger partial charge in [0.1, 0.15) is 0 Å². The minimum atomic E-state index is -0.924. The van der Waals surface area contributed by atoms with E-state index >= 15 is 0 Å². The van der Waals surface area contributed by atoms with Crippen LogP contribution in [0.3, 0.4) is 0 Å². The molecule has 2 N–H and O–H groups in total. The van der Waals surface area contributed by atoms with Gasteiger partial charge in [-0.05, 0) is 0 Å². The Morgan fingerprint density at radius 2 is 2.00 bits per heavy atom. The molecule has 5 heteroatoms. The minimum absolute atomic E-state index is 0.0741. The summed E-state index contributed by atoms with van der Waals surface area (Å²) in [5, 5.41) is 11.1. The molecule has 0 aromatic carbocycles. The van der Waals surface area contributed by atoms with Gasteiger partial charge in [0.05, 0.1) is 19.8 Å². The molecule has 1 amide bonds. The van der Waals surface area contributed by atoms with Gasteiger partial charge >= 0.3 is 5.97 Å². The molecule has 0 aromatic heterocycles. The van der Waals surface area contributed by atoms with Crippen molar-refractivity contribution in [1.29, 1.82) is 0 Å². The molecule has 0 atom stereocenters. The summed E-state index contributed by atoms with van der Waals surface area (Å²) in [6.07, 6.45) is 0.0341. The van der Waals surface area contributed by atoms with Crippen molar-refractivity contribution in [3.63, 3.8) is 0 Å². The molecule has 0 aromatic rings. The fourth-order valence-electron chi connectivity index (χ4n) is 0.772. The first-order valence-electron chi connectivity index (χ1n) is 3.40. The standard InChI is InChI=1S/C6H10N2O3/c9-5(1-2-6(10)11)8-3-7-4-8/h7H,1-4H2,(H,10,11). The van der Waals surface area contributed by atoms with E-state index in [-0.39, 0.29) is 18.7 Å². The number of aliphatic carboxylic acids is 1. The van der Waals surface area contributed by atoms with E-state index in [0.29, 0.717) is 13.3 Å². The number of nitrogens with one attached hydrogen (secondary N) is 1. The van der Waals surface area contributed by atoms with Crippen LogP contribution in [0.1, 0.15) is 12.8 Å². The molecule has 0 radical (unpaired) electrons. The number of rotatable bonds is 3. The summed E-state index contributed by atoms with van der Waals surface area (Å²) in [5.41, 5.74) is 0. The van der Waals surface area contributed by atoms with Gasteiger partial charge in [-0.25, -0.2) is 0 Å². The molecule has 0 unspecified atom stereocenters. The summed E-state index contributed by atoms with van der Waals surface area (Å²) in [4.78, 5) is 22.6. The molecule has 1 aliphatic heterocycles. The maximum absolute atomic E-state index is 11.0. The summed E-state index contributed by atoms with van der Waals surface area (Å²) >= 11 is 0. The van der Waals surface area contributed by atoms with E-state index < -0.39 is 5.97 Å². The maximum atomic E-state index is 11.0. The molecular formula is C6H10N2O3. The molecule has 1 heterocycles. The van der Waals surface area contributed by atoms with E-state index in [9.17, 15) is 9.59 Å². The summed E-state index contributed by atoms with van der Waals surface area (Å²) in [6.45, 7) is 1.11. The van der Waals surface area contributed by atoms with E-state index in [1.807, 2.05) is 0 Å². The number of amides is 1. The predicted molar refractivity (Wildman–Crippen MR) is 36.6 cm³/mol. The molecule has 0 saturated carbocycles. The molecule has 1 aliphatic rings. The monoisotopic (exact) mass is 158 g/mol. The Bertz CT molecular complexity index is 177. The van der Waals surface area contributed by atoms with E-state index in [2.05, 4.69) is 5.32 Å². The Balaban J connectivity index is 2.15. The molecule has 0 aliphatic carbocycles. The predicted octanol–water partition coefficient (Wildman–Crippen LogP) is -0.802. The zero-order valence-corrected chi connectivity index (χ0v) is 6.04. The normalized spacial score (nSPS) is 15.8. The second kappa shape index (κ2) is 3.34. The highest BCUT2D eigenvalue weighted by Gasteiger charge is 2.19. The van der Waals surface area contributed by atoms with Crippen LogP contribution in [-0.4, -0.2) is 35.2 Å². The molecule has 1 rings (SSSR count). The molecule has 5 nitrogen and oxygen atoms in total. The van der Waals surface area contributed by atoms with Gasteiger partial charge in [0, 0.05) is 6.42 Å². The summed E-state index contributed by atoms with van der Waals surface area (Å²) in [7, 11) is 0. The van der Waals surface area contributed by atoms with Crippen molar-refractivity contribution in [3.05, 3.63) is 0 Å². The Labute approximate surface area is 64.0 Å². The number of carboxylic acid groups (broad SMARTS) is 1. The van der Waals surface area contributed by atoms with Crippen molar-refractivity contribution in [2.45, 2.75) is 12.8 Å². The number of carboxylic acids is 1. The SMILES string of the molecule is O=C(O)CCC(=O)N1CNC1. The van der Waals surface area contributed by atoms with Crippen LogP contribution < -0.4 is 5.32 Å². The van der Waals surface area contributed by atoms with E-state index in [1.54, 1.807) is 4.90 Å². The zero-order valence-electron chi connectivity index (χ0n) is 6.04. The number of carbonyl (C=O) groups excluding carboxylic acids is 1. The zero-order chi connectivity index (χ0) is 8.27. The minimum Gasteiger partial charge on any atom is -0.481 e. The fraction of sp³-hybridized carbons (Fsp3) is 0.667. The first-order chi connectivity index (χ1) is 5.20. The van der Waals surface area contributed by atoms with Gasteiger partial charge in [-0.3, -0.25) is 14.9 Å². The van der Waals surface area contributed by atoms with Crippen LogP contribution in [0.5, 0.6) is 0 Å². The van der Waals surface area contributed by atoms with Crippen LogP contribution >= 0.6 is 0 Å². The highest BCUT2D eigenvalue weighted by Crippen LogP contribution is 2.00. The topological polar surface area (TPSA) is 69.6 Å². The van der Waals surface area contributed by atoms with Crippen LogP contribution in [0.25, 0.3) is 0 Å². The van der Waals surface area contributed by atoms with Gasteiger partial charge in [-0.2, -0.15) is 0 Å². The Morgan fingerprint density at radius 1 is 1.36 bits per heavy atom. The van der Waals surface area contributed by atoms with Crippen molar-refractivity contribution >= 4 is 11.9 Å². The van der Waals surface area contributed by atoms with Gasteiger partial charge in [-0.1, -0.05) is 0 Å². The first kappa shape index (κ1) is 8.00. The molecule has 0 spiro atoms. The van der Waals surface area contributed by atoms with Crippen molar-refractivity contribution in [1.82, 2.24) is 10.2 Å².